The summed E-state index contributed by atoms with van der Waals surface area (Å²) in [4.78, 5) is 28.7. The van der Waals surface area contributed by atoms with Crippen molar-refractivity contribution < 1.29 is 9.59 Å². The molecule has 0 bridgehead atoms. The van der Waals surface area contributed by atoms with Crippen LogP contribution in [0.3, 0.4) is 0 Å². The van der Waals surface area contributed by atoms with Crippen molar-refractivity contribution in [3.05, 3.63) is 70.2 Å². The Morgan fingerprint density at radius 1 is 1.04 bits per heavy atom. The smallest absolute Gasteiger partial charge is 0.269 e. The van der Waals surface area contributed by atoms with E-state index in [0.29, 0.717) is 10.6 Å². The minimum Gasteiger partial charge on any atom is -0.272 e. The third-order valence-corrected chi connectivity index (χ3v) is 5.30. The SMILES string of the molecule is Cc1cc2cccc(C)c2nc1SCC(=O)NNC(=O)c1ccc(Cl)cc1. The summed E-state index contributed by atoms with van der Waals surface area (Å²) in [6, 6.07) is 14.5. The highest BCUT2D eigenvalue weighted by atomic mass is 35.5. The molecule has 2 N–H and O–H groups in total. The highest BCUT2D eigenvalue weighted by Crippen LogP contribution is 2.25. The number of nitrogens with zero attached hydrogens (tertiary/aromatic N) is 1. The highest BCUT2D eigenvalue weighted by Gasteiger charge is 2.10. The quantitative estimate of drug-likeness (QED) is 0.512. The van der Waals surface area contributed by atoms with Crippen LogP contribution in [0.4, 0.5) is 0 Å². The molecule has 0 saturated carbocycles. The lowest BCUT2D eigenvalue weighted by Crippen LogP contribution is -2.42. The van der Waals surface area contributed by atoms with Crippen molar-refractivity contribution in [1.82, 2.24) is 15.8 Å². The summed E-state index contributed by atoms with van der Waals surface area (Å²) in [5, 5.41) is 2.42. The minimum atomic E-state index is -0.402. The van der Waals surface area contributed by atoms with Gasteiger partial charge in [0.25, 0.3) is 5.91 Å². The topological polar surface area (TPSA) is 71.1 Å². The first-order valence-electron chi connectivity index (χ1n) is 8.28. The molecule has 27 heavy (non-hydrogen) atoms. The molecular weight excluding hydrogens is 382 g/mol. The number of thioether (sulfide) groups is 1. The number of hydrazine groups is 1. The van der Waals surface area contributed by atoms with Crippen LogP contribution < -0.4 is 10.9 Å². The van der Waals surface area contributed by atoms with Gasteiger partial charge >= 0.3 is 0 Å². The Bertz CT molecular complexity index is 1010. The van der Waals surface area contributed by atoms with Gasteiger partial charge in [-0.1, -0.05) is 41.6 Å². The number of carbonyl (C=O) groups is 2. The number of nitrogens with one attached hydrogen (secondary N) is 2. The molecule has 3 rings (SSSR count). The maximum atomic E-state index is 12.1. The van der Waals surface area contributed by atoms with Crippen LogP contribution >= 0.6 is 23.4 Å². The Kier molecular flexibility index (Phi) is 5.98. The van der Waals surface area contributed by atoms with E-state index in [9.17, 15) is 9.59 Å². The molecule has 0 radical (unpaired) electrons. The maximum Gasteiger partial charge on any atom is 0.269 e. The van der Waals surface area contributed by atoms with Crippen LogP contribution in [0.15, 0.2) is 53.6 Å². The molecule has 5 nitrogen and oxygen atoms in total. The Morgan fingerprint density at radius 3 is 2.52 bits per heavy atom. The van der Waals surface area contributed by atoms with Crippen molar-refractivity contribution in [3.8, 4) is 0 Å². The van der Waals surface area contributed by atoms with Gasteiger partial charge in [-0.2, -0.15) is 0 Å². The van der Waals surface area contributed by atoms with Gasteiger partial charge in [-0.3, -0.25) is 20.4 Å². The Balaban J connectivity index is 1.58. The van der Waals surface area contributed by atoms with E-state index in [1.54, 1.807) is 24.3 Å². The molecule has 2 aromatic carbocycles. The number of hydrogen-bond acceptors (Lipinski definition) is 4. The number of aromatic nitrogens is 1. The molecule has 1 aromatic heterocycles. The van der Waals surface area contributed by atoms with Gasteiger partial charge in [-0.15, -0.1) is 0 Å². The summed E-state index contributed by atoms with van der Waals surface area (Å²) in [6.45, 7) is 3.98. The molecule has 0 aliphatic heterocycles. The van der Waals surface area contributed by atoms with Gasteiger partial charge in [0, 0.05) is 16.0 Å². The molecule has 0 spiro atoms. The average Bonchev–Trinajstić information content (AvgIpc) is 2.65. The summed E-state index contributed by atoms with van der Waals surface area (Å²) in [5.41, 5.74) is 8.25. The second-order valence-corrected chi connectivity index (χ2v) is 7.46. The summed E-state index contributed by atoms with van der Waals surface area (Å²) < 4.78 is 0. The van der Waals surface area contributed by atoms with Crippen LogP contribution in [-0.2, 0) is 4.79 Å². The molecule has 0 fully saturated rings. The molecule has 3 aromatic rings. The fourth-order valence-electron chi connectivity index (χ4n) is 2.55. The van der Waals surface area contributed by atoms with Gasteiger partial charge in [-0.05, 0) is 55.3 Å². The van der Waals surface area contributed by atoms with Crippen LogP contribution in [-0.4, -0.2) is 22.6 Å². The first-order valence-corrected chi connectivity index (χ1v) is 9.65. The molecule has 0 aliphatic rings. The van der Waals surface area contributed by atoms with Crippen LogP contribution in [0.5, 0.6) is 0 Å². The van der Waals surface area contributed by atoms with Gasteiger partial charge in [0.1, 0.15) is 5.03 Å². The molecule has 0 aliphatic carbocycles. The highest BCUT2D eigenvalue weighted by molar-refractivity contribution is 7.99. The van der Waals surface area contributed by atoms with E-state index in [1.807, 2.05) is 32.0 Å². The standard InChI is InChI=1S/C20H18ClN3O2S/c1-12-4-3-5-15-10-13(2)20(22-18(12)15)27-11-17(25)23-24-19(26)14-6-8-16(21)9-7-14/h3-10H,11H2,1-2H3,(H,23,25)(H,24,26). The fourth-order valence-corrected chi connectivity index (χ4v) is 3.46. The zero-order chi connectivity index (χ0) is 19.4. The molecule has 0 atom stereocenters. The number of rotatable bonds is 4. The number of amides is 2. The van der Waals surface area contributed by atoms with Crippen LogP contribution in [0.2, 0.25) is 5.02 Å². The van der Waals surface area contributed by atoms with E-state index >= 15 is 0 Å². The van der Waals surface area contributed by atoms with Crippen LogP contribution in [0, 0.1) is 13.8 Å². The van der Waals surface area contributed by atoms with Crippen molar-refractivity contribution in [2.75, 3.05) is 5.75 Å². The van der Waals surface area contributed by atoms with Crippen molar-refractivity contribution in [2.45, 2.75) is 18.9 Å². The fraction of sp³-hybridized carbons (Fsp3) is 0.150. The molecule has 0 unspecified atom stereocenters. The van der Waals surface area contributed by atoms with Crippen molar-refractivity contribution >= 4 is 46.1 Å². The van der Waals surface area contributed by atoms with E-state index in [-0.39, 0.29) is 11.7 Å². The summed E-state index contributed by atoms with van der Waals surface area (Å²) >= 11 is 7.13. The van der Waals surface area contributed by atoms with Crippen LogP contribution in [0.25, 0.3) is 10.9 Å². The van der Waals surface area contributed by atoms with E-state index in [4.69, 9.17) is 11.6 Å². The van der Waals surface area contributed by atoms with E-state index in [0.717, 1.165) is 27.1 Å². The summed E-state index contributed by atoms with van der Waals surface area (Å²) in [7, 11) is 0. The van der Waals surface area contributed by atoms with Gasteiger partial charge in [-0.25, -0.2) is 4.98 Å². The number of benzene rings is 2. The largest absolute Gasteiger partial charge is 0.272 e. The lowest BCUT2D eigenvalue weighted by atomic mass is 10.1. The number of carbonyl (C=O) groups excluding carboxylic acids is 2. The van der Waals surface area contributed by atoms with E-state index in [1.165, 1.54) is 11.8 Å². The Labute approximate surface area is 166 Å². The molecular formula is C20H18ClN3O2S. The predicted molar refractivity (Wildman–Crippen MR) is 109 cm³/mol. The number of fused-ring (bicyclic) bond motifs is 1. The van der Waals surface area contributed by atoms with Gasteiger partial charge < -0.3 is 0 Å². The van der Waals surface area contributed by atoms with E-state index in [2.05, 4.69) is 21.9 Å². The van der Waals surface area contributed by atoms with Gasteiger partial charge in [0.15, 0.2) is 0 Å². The third-order valence-electron chi connectivity index (χ3n) is 3.95. The number of hydrogen-bond donors (Lipinski definition) is 2. The van der Waals surface area contributed by atoms with E-state index < -0.39 is 5.91 Å². The second-order valence-electron chi connectivity index (χ2n) is 6.05. The summed E-state index contributed by atoms with van der Waals surface area (Å²) in [6.07, 6.45) is 0. The molecule has 7 heteroatoms. The molecule has 0 saturated heterocycles. The average molecular weight is 400 g/mol. The van der Waals surface area contributed by atoms with Gasteiger partial charge in [0.05, 0.1) is 11.3 Å². The Morgan fingerprint density at radius 2 is 1.78 bits per heavy atom. The third kappa shape index (κ3) is 4.78. The number of para-hydroxylation sites is 1. The van der Waals surface area contributed by atoms with Gasteiger partial charge in [0.2, 0.25) is 5.91 Å². The number of halogens is 1. The monoisotopic (exact) mass is 399 g/mol. The zero-order valence-electron chi connectivity index (χ0n) is 14.9. The van der Waals surface area contributed by atoms with Crippen molar-refractivity contribution in [3.63, 3.8) is 0 Å². The predicted octanol–water partition coefficient (Wildman–Crippen LogP) is 4.06. The minimum absolute atomic E-state index is 0.145. The maximum absolute atomic E-state index is 12.1. The normalized spacial score (nSPS) is 10.6. The lowest BCUT2D eigenvalue weighted by molar-refractivity contribution is -0.119. The number of pyridine rings is 1. The van der Waals surface area contributed by atoms with Crippen molar-refractivity contribution in [1.29, 1.82) is 0 Å². The summed E-state index contributed by atoms with van der Waals surface area (Å²) in [5.74, 6) is -0.569. The first kappa shape index (κ1) is 19.2. The Hall–Kier alpha value is -2.57. The lowest BCUT2D eigenvalue weighted by Gasteiger charge is -2.10. The molecule has 2 amide bonds. The number of aryl methyl sites for hydroxylation is 2. The first-order chi connectivity index (χ1) is 12.9. The zero-order valence-corrected chi connectivity index (χ0v) is 16.4. The molecule has 138 valence electrons. The molecule has 1 heterocycles. The second kappa shape index (κ2) is 8.41. The van der Waals surface area contributed by atoms with Crippen molar-refractivity contribution in [2.24, 2.45) is 0 Å². The van der Waals surface area contributed by atoms with Crippen LogP contribution in [0.1, 0.15) is 21.5 Å².